The molecule has 11 heavy (non-hydrogen) atoms. The number of carbonyl (C=O) groups excluding carboxylic acids is 1. The van der Waals surface area contributed by atoms with E-state index in [1.54, 1.807) is 0 Å². The van der Waals surface area contributed by atoms with Crippen LogP contribution in [-0.2, 0) is 4.79 Å². The maximum absolute atomic E-state index is 11.5. The molecule has 0 aromatic carbocycles. The molecule has 0 atom stereocenters. The molecule has 0 fully saturated rings. The van der Waals surface area contributed by atoms with Crippen LogP contribution in [0, 0.1) is 0 Å². The van der Waals surface area contributed by atoms with Crippen molar-refractivity contribution in [2.45, 2.75) is 38.9 Å². The van der Waals surface area contributed by atoms with Gasteiger partial charge in [-0.25, -0.2) is 0 Å². The first-order valence-corrected chi connectivity index (χ1v) is 7.95. The molecule has 0 aliphatic carbocycles. The Morgan fingerprint density at radius 1 is 1.36 bits per heavy atom. The van der Waals surface area contributed by atoms with Gasteiger partial charge in [-0.2, -0.15) is 0 Å². The van der Waals surface area contributed by atoms with Crippen LogP contribution in [-0.4, -0.2) is 18.8 Å². The van der Waals surface area contributed by atoms with E-state index < -0.39 is 8.07 Å². The van der Waals surface area contributed by atoms with Gasteiger partial charge in [0.2, 0.25) is 0 Å². The van der Waals surface area contributed by atoms with Gasteiger partial charge in [0, 0.05) is 0 Å². The molecule has 0 heterocycles. The van der Waals surface area contributed by atoms with Crippen LogP contribution in [0.4, 0.5) is 0 Å². The van der Waals surface area contributed by atoms with Gasteiger partial charge in [0.25, 0.3) is 0 Å². The highest BCUT2D eigenvalue weighted by molar-refractivity contribution is 9.09. The Balaban J connectivity index is 4.59. The fourth-order valence-electron chi connectivity index (χ4n) is 0.585. The lowest BCUT2D eigenvalue weighted by atomic mass is 10.2. The van der Waals surface area contributed by atoms with Gasteiger partial charge in [-0.15, -0.1) is 0 Å². The second-order valence-corrected chi connectivity index (χ2v) is 10.3. The summed E-state index contributed by atoms with van der Waals surface area (Å²) >= 11 is 3.23. The minimum absolute atomic E-state index is 0.178. The van der Waals surface area contributed by atoms with E-state index in [1.807, 2.05) is 0 Å². The summed E-state index contributed by atoms with van der Waals surface area (Å²) in [5.74, 6) is 0. The predicted molar refractivity (Wildman–Crippen MR) is 56.0 cm³/mol. The Bertz CT molecular complexity index is 158. The van der Waals surface area contributed by atoms with Crippen LogP contribution in [0.25, 0.3) is 0 Å². The summed E-state index contributed by atoms with van der Waals surface area (Å²) < 4.78 is 0. The fourth-order valence-corrected chi connectivity index (χ4v) is 3.86. The molecule has 0 saturated heterocycles. The number of carbonyl (C=O) groups is 1. The van der Waals surface area contributed by atoms with E-state index in [0.29, 0.717) is 10.7 Å². The highest BCUT2D eigenvalue weighted by Crippen LogP contribution is 2.36. The van der Waals surface area contributed by atoms with E-state index >= 15 is 0 Å². The van der Waals surface area contributed by atoms with E-state index in [4.69, 9.17) is 0 Å². The second kappa shape index (κ2) is 3.40. The second-order valence-electron chi connectivity index (χ2n) is 4.43. The predicted octanol–water partition coefficient (Wildman–Crippen LogP) is 3.00. The van der Waals surface area contributed by atoms with Crippen LogP contribution in [0.2, 0.25) is 18.1 Å². The molecule has 0 aliphatic heterocycles. The summed E-state index contributed by atoms with van der Waals surface area (Å²) in [4.78, 5) is 11.5. The molecule has 0 bridgehead atoms. The molecule has 0 N–H and O–H groups in total. The van der Waals surface area contributed by atoms with Crippen LogP contribution in [0.1, 0.15) is 20.8 Å². The zero-order valence-electron chi connectivity index (χ0n) is 7.99. The Morgan fingerprint density at radius 3 is 1.82 bits per heavy atom. The lowest BCUT2D eigenvalue weighted by Crippen LogP contribution is -2.46. The molecular formula is C8H17BrOSi. The summed E-state index contributed by atoms with van der Waals surface area (Å²) in [6.07, 6.45) is 0. The van der Waals surface area contributed by atoms with Crippen molar-refractivity contribution < 1.29 is 4.79 Å². The number of hydrogen-bond acceptors (Lipinski definition) is 1. The molecule has 0 spiro atoms. The SMILES string of the molecule is CC(C)(C)[Si](C)(C)C(=O)CBr. The molecule has 0 aromatic rings. The molecule has 0 amide bonds. The molecule has 0 saturated carbocycles. The Kier molecular flexibility index (Phi) is 3.51. The monoisotopic (exact) mass is 236 g/mol. The zero-order valence-corrected chi connectivity index (χ0v) is 10.6. The van der Waals surface area contributed by atoms with Crippen molar-refractivity contribution >= 4 is 29.4 Å². The summed E-state index contributed by atoms with van der Waals surface area (Å²) in [6, 6.07) is 0. The minimum Gasteiger partial charge on any atom is -0.304 e. The Labute approximate surface area is 78.7 Å². The normalized spacial score (nSPS) is 13.3. The summed E-state index contributed by atoms with van der Waals surface area (Å²) in [6.45, 7) is 10.7. The summed E-state index contributed by atoms with van der Waals surface area (Å²) in [7, 11) is -1.69. The Hall–Kier alpha value is 0.367. The van der Waals surface area contributed by atoms with E-state index in [-0.39, 0.29) is 5.04 Å². The lowest BCUT2D eigenvalue weighted by molar-refractivity contribution is -0.110. The van der Waals surface area contributed by atoms with Crippen molar-refractivity contribution in [3.8, 4) is 0 Å². The molecule has 66 valence electrons. The van der Waals surface area contributed by atoms with Crippen LogP contribution in [0.3, 0.4) is 0 Å². The average Bonchev–Trinajstić information content (AvgIpc) is 1.83. The largest absolute Gasteiger partial charge is 0.304 e. The van der Waals surface area contributed by atoms with Crippen molar-refractivity contribution in [2.24, 2.45) is 0 Å². The molecule has 1 nitrogen and oxygen atoms in total. The van der Waals surface area contributed by atoms with Gasteiger partial charge >= 0.3 is 0 Å². The van der Waals surface area contributed by atoms with Gasteiger partial charge < -0.3 is 4.79 Å². The highest BCUT2D eigenvalue weighted by atomic mass is 79.9. The molecule has 0 unspecified atom stereocenters. The quantitative estimate of drug-likeness (QED) is 0.533. The number of hydrogen-bond donors (Lipinski definition) is 0. The molecule has 0 radical (unpaired) electrons. The van der Waals surface area contributed by atoms with Crippen LogP contribution >= 0.6 is 15.9 Å². The average molecular weight is 237 g/mol. The molecule has 0 rings (SSSR count). The third-order valence-electron chi connectivity index (χ3n) is 2.69. The van der Waals surface area contributed by atoms with Gasteiger partial charge in [0.1, 0.15) is 13.5 Å². The summed E-state index contributed by atoms with van der Waals surface area (Å²) in [5, 5.41) is 1.10. The minimum atomic E-state index is -1.69. The van der Waals surface area contributed by atoms with E-state index in [9.17, 15) is 4.79 Å². The van der Waals surface area contributed by atoms with Gasteiger partial charge in [0.15, 0.2) is 0 Å². The first-order chi connectivity index (χ1) is 4.73. The van der Waals surface area contributed by atoms with Gasteiger partial charge in [-0.1, -0.05) is 49.8 Å². The maximum atomic E-state index is 11.5. The van der Waals surface area contributed by atoms with Gasteiger partial charge in [0.05, 0.1) is 5.33 Å². The van der Waals surface area contributed by atoms with Crippen LogP contribution in [0.15, 0.2) is 0 Å². The summed E-state index contributed by atoms with van der Waals surface area (Å²) in [5.41, 5.74) is 0. The van der Waals surface area contributed by atoms with E-state index in [1.165, 1.54) is 0 Å². The van der Waals surface area contributed by atoms with Gasteiger partial charge in [-0.05, 0) is 5.04 Å². The maximum Gasteiger partial charge on any atom is 0.133 e. The Morgan fingerprint density at radius 2 is 1.73 bits per heavy atom. The van der Waals surface area contributed by atoms with Crippen molar-refractivity contribution in [1.82, 2.24) is 0 Å². The van der Waals surface area contributed by atoms with Gasteiger partial charge in [-0.3, -0.25) is 0 Å². The van der Waals surface area contributed by atoms with Crippen molar-refractivity contribution in [3.63, 3.8) is 0 Å². The highest BCUT2D eigenvalue weighted by Gasteiger charge is 2.41. The third kappa shape index (κ3) is 2.41. The van der Waals surface area contributed by atoms with Crippen LogP contribution in [0.5, 0.6) is 0 Å². The third-order valence-corrected chi connectivity index (χ3v) is 9.04. The fraction of sp³-hybridized carbons (Fsp3) is 0.875. The molecule has 0 aliphatic rings. The topological polar surface area (TPSA) is 17.1 Å². The van der Waals surface area contributed by atoms with Crippen molar-refractivity contribution in [1.29, 1.82) is 0 Å². The van der Waals surface area contributed by atoms with Crippen molar-refractivity contribution in [3.05, 3.63) is 0 Å². The van der Waals surface area contributed by atoms with Crippen LogP contribution < -0.4 is 0 Å². The molecule has 0 aromatic heterocycles. The smallest absolute Gasteiger partial charge is 0.133 e. The standard InChI is InChI=1S/C8H17BrOSi/c1-8(2,3)11(4,5)7(10)6-9/h6H2,1-5H3. The zero-order chi connectivity index (χ0) is 9.28. The van der Waals surface area contributed by atoms with Crippen molar-refractivity contribution in [2.75, 3.05) is 5.33 Å². The number of alkyl halides is 1. The molecular weight excluding hydrogens is 220 g/mol. The first kappa shape index (κ1) is 11.4. The van der Waals surface area contributed by atoms with E-state index in [2.05, 4.69) is 49.8 Å². The molecule has 3 heteroatoms. The number of rotatable bonds is 2. The lowest BCUT2D eigenvalue weighted by Gasteiger charge is -2.34. The van der Waals surface area contributed by atoms with E-state index in [0.717, 1.165) is 0 Å². The number of halogens is 1. The first-order valence-electron chi connectivity index (χ1n) is 3.82.